The molecule has 0 unspecified atom stereocenters. The van der Waals surface area contributed by atoms with E-state index in [2.05, 4.69) is 20.6 Å². The summed E-state index contributed by atoms with van der Waals surface area (Å²) in [4.78, 5) is 16.7. The predicted molar refractivity (Wildman–Crippen MR) is 110 cm³/mol. The molecule has 0 saturated carbocycles. The van der Waals surface area contributed by atoms with Gasteiger partial charge in [-0.1, -0.05) is 5.21 Å². The molecule has 0 saturated heterocycles. The van der Waals surface area contributed by atoms with Crippen molar-refractivity contribution in [3.63, 3.8) is 0 Å². The molecule has 1 amide bonds. The number of hydrogen-bond acceptors (Lipinski definition) is 7. The van der Waals surface area contributed by atoms with E-state index in [0.717, 1.165) is 22.6 Å². The maximum absolute atomic E-state index is 12.3. The van der Waals surface area contributed by atoms with E-state index in [4.69, 9.17) is 11.5 Å². The van der Waals surface area contributed by atoms with Gasteiger partial charge in [-0.25, -0.2) is 4.68 Å². The highest BCUT2D eigenvalue weighted by atomic mass is 32.1. The molecule has 0 bridgehead atoms. The van der Waals surface area contributed by atoms with Gasteiger partial charge in [0, 0.05) is 22.7 Å². The van der Waals surface area contributed by atoms with E-state index < -0.39 is 0 Å². The van der Waals surface area contributed by atoms with Gasteiger partial charge in [-0.15, -0.1) is 5.10 Å². The second-order valence-corrected chi connectivity index (χ2v) is 6.94. The fraction of sp³-hybridized carbons (Fsp3) is 0.158. The van der Waals surface area contributed by atoms with Crippen LogP contribution in [0.2, 0.25) is 0 Å². The largest absolute Gasteiger partial charge is 0.401 e. The number of allylic oxidation sites excluding steroid dienone is 2. The lowest BCUT2D eigenvalue weighted by atomic mass is 10.2. The van der Waals surface area contributed by atoms with Crippen LogP contribution in [0, 0.1) is 13.8 Å². The Labute approximate surface area is 166 Å². The number of aryl methyl sites for hydroxylation is 2. The maximum atomic E-state index is 12.3. The predicted octanol–water partition coefficient (Wildman–Crippen LogP) is 1.91. The lowest BCUT2D eigenvalue weighted by molar-refractivity contribution is 0.0952. The van der Waals surface area contributed by atoms with Gasteiger partial charge in [0.2, 0.25) is 0 Å². The first kappa shape index (κ1) is 19.3. The number of nitrogens with zero attached hydrogens (tertiary/aromatic N) is 4. The molecule has 0 aliphatic heterocycles. The van der Waals surface area contributed by atoms with Gasteiger partial charge in [0.25, 0.3) is 5.91 Å². The monoisotopic (exact) mass is 395 g/mol. The normalized spacial score (nSPS) is 12.2. The molecule has 0 aromatic carbocycles. The summed E-state index contributed by atoms with van der Waals surface area (Å²) in [5, 5.41) is 14.5. The number of hydrogen-bond donors (Lipinski definition) is 3. The first-order valence-corrected chi connectivity index (χ1v) is 9.48. The van der Waals surface area contributed by atoms with Crippen LogP contribution in [0.25, 0.3) is 11.4 Å². The highest BCUT2D eigenvalue weighted by Crippen LogP contribution is 2.13. The van der Waals surface area contributed by atoms with Gasteiger partial charge >= 0.3 is 0 Å². The average Bonchev–Trinajstić information content (AvgIpc) is 3.36. The number of carbonyl (C=O) groups is 1. The van der Waals surface area contributed by atoms with Crippen LogP contribution in [-0.2, 0) is 0 Å². The number of aromatic nitrogens is 4. The lowest BCUT2D eigenvalue weighted by Gasteiger charge is -2.04. The van der Waals surface area contributed by atoms with Crippen LogP contribution in [0.1, 0.15) is 27.4 Å². The van der Waals surface area contributed by atoms with Gasteiger partial charge in [-0.05, 0) is 55.0 Å². The fourth-order valence-electron chi connectivity index (χ4n) is 2.46. The zero-order chi connectivity index (χ0) is 20.1. The van der Waals surface area contributed by atoms with Crippen molar-refractivity contribution in [3.8, 4) is 5.69 Å². The van der Waals surface area contributed by atoms with Crippen LogP contribution in [-0.4, -0.2) is 32.4 Å². The SMILES string of the molecule is Cc1ccc(-n2cc(C(=O)NC/C(N)=C/C=C(\N)c3ccsc3)nn2)c(C)n1. The number of thiophene rings is 1. The minimum atomic E-state index is -0.366. The standard InChI is InChI=1S/C19H21N7OS/c1-12-3-6-18(13(2)23-12)26-10-17(24-25-26)19(27)22-9-15(20)4-5-16(21)14-7-8-28-11-14/h3-8,10-11H,9,20-21H2,1-2H3,(H,22,27)/b15-4-,16-5-. The highest BCUT2D eigenvalue weighted by Gasteiger charge is 2.12. The molecule has 144 valence electrons. The van der Waals surface area contributed by atoms with Crippen molar-refractivity contribution in [2.45, 2.75) is 13.8 Å². The van der Waals surface area contributed by atoms with Crippen molar-refractivity contribution in [2.24, 2.45) is 11.5 Å². The molecular weight excluding hydrogens is 374 g/mol. The molecule has 5 N–H and O–H groups in total. The van der Waals surface area contributed by atoms with Gasteiger partial charge in [0.05, 0.1) is 24.1 Å². The summed E-state index contributed by atoms with van der Waals surface area (Å²) in [7, 11) is 0. The number of carbonyl (C=O) groups excluding carboxylic acids is 1. The summed E-state index contributed by atoms with van der Waals surface area (Å²) < 4.78 is 1.53. The van der Waals surface area contributed by atoms with Crippen LogP contribution in [0.3, 0.4) is 0 Å². The number of amides is 1. The molecule has 8 nitrogen and oxygen atoms in total. The van der Waals surface area contributed by atoms with Crippen LogP contribution < -0.4 is 16.8 Å². The van der Waals surface area contributed by atoms with E-state index in [9.17, 15) is 4.79 Å². The smallest absolute Gasteiger partial charge is 0.273 e. The van der Waals surface area contributed by atoms with Crippen molar-refractivity contribution in [3.05, 3.63) is 75.7 Å². The molecule has 3 aromatic heterocycles. The zero-order valence-corrected chi connectivity index (χ0v) is 16.4. The summed E-state index contributed by atoms with van der Waals surface area (Å²) in [6.45, 7) is 3.97. The van der Waals surface area contributed by atoms with Gasteiger partial charge < -0.3 is 16.8 Å². The van der Waals surface area contributed by atoms with E-state index in [1.165, 1.54) is 4.68 Å². The van der Waals surface area contributed by atoms with Crippen LogP contribution in [0.4, 0.5) is 0 Å². The number of pyridine rings is 1. The zero-order valence-electron chi connectivity index (χ0n) is 15.6. The summed E-state index contributed by atoms with van der Waals surface area (Å²) in [6, 6.07) is 5.69. The maximum Gasteiger partial charge on any atom is 0.273 e. The van der Waals surface area contributed by atoms with Gasteiger partial charge in [0.15, 0.2) is 5.69 Å². The Kier molecular flexibility index (Phi) is 5.85. The van der Waals surface area contributed by atoms with Crippen molar-refractivity contribution >= 4 is 22.9 Å². The second kappa shape index (κ2) is 8.49. The first-order chi connectivity index (χ1) is 13.4. The first-order valence-electron chi connectivity index (χ1n) is 8.53. The fourth-order valence-corrected chi connectivity index (χ4v) is 3.13. The molecule has 0 aliphatic rings. The number of rotatable bonds is 6. The molecular formula is C19H21N7OS. The van der Waals surface area contributed by atoms with Crippen molar-refractivity contribution in [2.75, 3.05) is 6.54 Å². The second-order valence-electron chi connectivity index (χ2n) is 6.16. The molecule has 9 heteroatoms. The van der Waals surface area contributed by atoms with Gasteiger partial charge in [0.1, 0.15) is 0 Å². The van der Waals surface area contributed by atoms with E-state index in [-0.39, 0.29) is 18.1 Å². The Balaban J connectivity index is 1.61. The van der Waals surface area contributed by atoms with E-state index >= 15 is 0 Å². The number of nitrogens with two attached hydrogens (primary N) is 2. The quantitative estimate of drug-likeness (QED) is 0.548. The minimum absolute atomic E-state index is 0.171. The lowest BCUT2D eigenvalue weighted by Crippen LogP contribution is -2.28. The Bertz CT molecular complexity index is 1030. The average molecular weight is 395 g/mol. The van der Waals surface area contributed by atoms with Crippen LogP contribution in [0.5, 0.6) is 0 Å². The van der Waals surface area contributed by atoms with Crippen LogP contribution >= 0.6 is 11.3 Å². The molecule has 0 atom stereocenters. The Morgan fingerprint density at radius 3 is 2.79 bits per heavy atom. The van der Waals surface area contributed by atoms with E-state index in [1.807, 2.05) is 42.8 Å². The Morgan fingerprint density at radius 2 is 2.07 bits per heavy atom. The number of nitrogens with one attached hydrogen (secondary N) is 1. The third-order valence-electron chi connectivity index (χ3n) is 3.95. The highest BCUT2D eigenvalue weighted by molar-refractivity contribution is 7.08. The summed E-state index contributed by atoms with van der Waals surface area (Å²) in [5.74, 6) is -0.366. The summed E-state index contributed by atoms with van der Waals surface area (Å²) in [6.07, 6.45) is 4.95. The van der Waals surface area contributed by atoms with Crippen molar-refractivity contribution in [1.29, 1.82) is 0 Å². The van der Waals surface area contributed by atoms with Gasteiger partial charge in [-0.3, -0.25) is 9.78 Å². The molecule has 28 heavy (non-hydrogen) atoms. The molecule has 0 radical (unpaired) electrons. The molecule has 0 spiro atoms. The van der Waals surface area contributed by atoms with Crippen molar-refractivity contribution < 1.29 is 4.79 Å². The van der Waals surface area contributed by atoms with E-state index in [1.54, 1.807) is 29.7 Å². The molecule has 0 fully saturated rings. The van der Waals surface area contributed by atoms with E-state index in [0.29, 0.717) is 11.4 Å². The minimum Gasteiger partial charge on any atom is -0.401 e. The van der Waals surface area contributed by atoms with Crippen molar-refractivity contribution in [1.82, 2.24) is 25.3 Å². The van der Waals surface area contributed by atoms with Gasteiger partial charge in [-0.2, -0.15) is 11.3 Å². The summed E-state index contributed by atoms with van der Waals surface area (Å²) in [5.41, 5.74) is 16.6. The molecule has 3 rings (SSSR count). The molecule has 0 aliphatic carbocycles. The Hall–Kier alpha value is -3.46. The third kappa shape index (κ3) is 4.63. The molecule has 3 heterocycles. The summed E-state index contributed by atoms with van der Waals surface area (Å²) >= 11 is 1.57. The van der Waals surface area contributed by atoms with Crippen LogP contribution in [0.15, 0.2) is 53.0 Å². The Morgan fingerprint density at radius 1 is 1.25 bits per heavy atom. The third-order valence-corrected chi connectivity index (χ3v) is 4.64. The topological polar surface area (TPSA) is 125 Å². The molecule has 3 aromatic rings.